The molecule has 0 aliphatic heterocycles. The van der Waals surface area contributed by atoms with Crippen LogP contribution in [0.3, 0.4) is 0 Å². The monoisotopic (exact) mass is 697 g/mol. The van der Waals surface area contributed by atoms with Gasteiger partial charge in [0.05, 0.1) is 11.4 Å². The summed E-state index contributed by atoms with van der Waals surface area (Å²) in [6, 6.07) is 41.5. The Kier molecular flexibility index (Phi) is 10.2. The Balaban J connectivity index is 1.36. The second-order valence-corrected chi connectivity index (χ2v) is 15.2. The highest BCUT2D eigenvalue weighted by Crippen LogP contribution is 2.40. The van der Waals surface area contributed by atoms with Gasteiger partial charge in [-0.05, 0) is 82.3 Å². The van der Waals surface area contributed by atoms with E-state index in [2.05, 4.69) is 197 Å². The predicted molar refractivity (Wildman–Crippen MR) is 223 cm³/mol. The van der Waals surface area contributed by atoms with Crippen LogP contribution < -0.4 is 4.90 Å². The molecule has 0 spiro atoms. The van der Waals surface area contributed by atoms with Gasteiger partial charge in [0.25, 0.3) is 0 Å². The summed E-state index contributed by atoms with van der Waals surface area (Å²) >= 11 is 0. The molecule has 0 bridgehead atoms. The Labute approximate surface area is 315 Å². The van der Waals surface area contributed by atoms with Crippen LogP contribution in [0, 0.1) is 0 Å². The Bertz CT molecular complexity index is 2120. The van der Waals surface area contributed by atoms with Crippen molar-refractivity contribution in [1.82, 2.24) is 19.1 Å². The average Bonchev–Trinajstić information content (AvgIpc) is 3.86. The Morgan fingerprint density at radius 2 is 0.774 bits per heavy atom. The molecule has 0 aliphatic carbocycles. The number of nitrogens with zero attached hydrogens (tertiary/aromatic N) is 5. The van der Waals surface area contributed by atoms with Crippen LogP contribution in [0.5, 0.6) is 0 Å². The highest BCUT2D eigenvalue weighted by Gasteiger charge is 2.22. The summed E-state index contributed by atoms with van der Waals surface area (Å²) < 4.78 is 4.58. The van der Waals surface area contributed by atoms with Crippen LogP contribution in [-0.2, 0) is 0 Å². The number of hydrogen-bond acceptors (Lipinski definition) is 3. The van der Waals surface area contributed by atoms with Crippen molar-refractivity contribution in [2.45, 2.75) is 79.1 Å². The van der Waals surface area contributed by atoms with Gasteiger partial charge < -0.3 is 4.90 Å². The van der Waals surface area contributed by atoms with Gasteiger partial charge in [-0.2, -0.15) is 0 Å². The highest BCUT2D eigenvalue weighted by molar-refractivity contribution is 5.81. The topological polar surface area (TPSA) is 38.9 Å². The average molecular weight is 698 g/mol. The Morgan fingerprint density at radius 3 is 1.15 bits per heavy atom. The fourth-order valence-electron chi connectivity index (χ4n) is 7.57. The number of rotatable bonds is 11. The quantitative estimate of drug-likeness (QED) is 0.135. The maximum atomic E-state index is 4.97. The lowest BCUT2D eigenvalue weighted by Gasteiger charge is -2.27. The minimum Gasteiger partial charge on any atom is -0.310 e. The first-order chi connectivity index (χ1) is 25.6. The van der Waals surface area contributed by atoms with E-state index >= 15 is 0 Å². The zero-order valence-electron chi connectivity index (χ0n) is 32.3. The number of aromatic nitrogens is 4. The molecule has 0 aliphatic rings. The first kappa shape index (κ1) is 35.7. The SMILES string of the molecule is CC(C)c1cccc(C(C)C)c1-n1ccnc1-c1cccc(N(c2ccccc2)c2cccc(-c3nccn3-c3c(C(C)C)cccc3C(C)C)c2)c1. The molecule has 2 aromatic heterocycles. The lowest BCUT2D eigenvalue weighted by atomic mass is 9.92. The second-order valence-electron chi connectivity index (χ2n) is 15.2. The summed E-state index contributed by atoms with van der Waals surface area (Å²) in [6.45, 7) is 18.1. The number of para-hydroxylation sites is 3. The molecule has 0 saturated heterocycles. The zero-order valence-corrected chi connectivity index (χ0v) is 32.3. The number of benzene rings is 5. The van der Waals surface area contributed by atoms with Crippen molar-refractivity contribution in [3.63, 3.8) is 0 Å². The summed E-state index contributed by atoms with van der Waals surface area (Å²) in [7, 11) is 0. The molecule has 53 heavy (non-hydrogen) atoms. The number of anilines is 3. The third-order valence-electron chi connectivity index (χ3n) is 10.2. The van der Waals surface area contributed by atoms with Gasteiger partial charge in [0.1, 0.15) is 11.6 Å². The zero-order chi connectivity index (χ0) is 37.2. The fourth-order valence-corrected chi connectivity index (χ4v) is 7.57. The Hall–Kier alpha value is -5.68. The molecule has 5 aromatic carbocycles. The lowest BCUT2D eigenvalue weighted by Crippen LogP contribution is -2.11. The first-order valence-electron chi connectivity index (χ1n) is 19.0. The van der Waals surface area contributed by atoms with E-state index in [0.717, 1.165) is 39.8 Å². The van der Waals surface area contributed by atoms with Gasteiger partial charge in [0.15, 0.2) is 0 Å². The van der Waals surface area contributed by atoms with Gasteiger partial charge in [0, 0.05) is 53.0 Å². The second kappa shape index (κ2) is 15.1. The van der Waals surface area contributed by atoms with Crippen LogP contribution in [0.2, 0.25) is 0 Å². The molecular weight excluding hydrogens is 647 g/mol. The predicted octanol–water partition coefficient (Wildman–Crippen LogP) is 13.4. The maximum Gasteiger partial charge on any atom is 0.144 e. The Morgan fingerprint density at radius 1 is 0.415 bits per heavy atom. The van der Waals surface area contributed by atoms with Gasteiger partial charge in [-0.1, -0.05) is 134 Å². The molecule has 5 heteroatoms. The van der Waals surface area contributed by atoms with Crippen LogP contribution >= 0.6 is 0 Å². The maximum absolute atomic E-state index is 4.97. The van der Waals surface area contributed by atoms with Crippen molar-refractivity contribution in [2.75, 3.05) is 4.90 Å². The number of hydrogen-bond donors (Lipinski definition) is 0. The smallest absolute Gasteiger partial charge is 0.144 e. The summed E-state index contributed by atoms with van der Waals surface area (Å²) in [5.41, 5.74) is 13.1. The molecule has 2 heterocycles. The molecule has 7 rings (SSSR count). The summed E-state index contributed by atoms with van der Waals surface area (Å²) in [5.74, 6) is 3.34. The summed E-state index contributed by atoms with van der Waals surface area (Å²) in [5, 5.41) is 0. The highest BCUT2D eigenvalue weighted by atomic mass is 15.1. The first-order valence-corrected chi connectivity index (χ1v) is 19.0. The van der Waals surface area contributed by atoms with Crippen molar-refractivity contribution >= 4 is 17.1 Å². The van der Waals surface area contributed by atoms with Gasteiger partial charge >= 0.3 is 0 Å². The summed E-state index contributed by atoms with van der Waals surface area (Å²) in [4.78, 5) is 12.3. The molecule has 0 fully saturated rings. The van der Waals surface area contributed by atoms with Crippen molar-refractivity contribution in [2.24, 2.45) is 0 Å². The molecule has 0 amide bonds. The van der Waals surface area contributed by atoms with E-state index in [9.17, 15) is 0 Å². The van der Waals surface area contributed by atoms with Gasteiger partial charge in [-0.15, -0.1) is 0 Å². The molecule has 0 saturated carbocycles. The van der Waals surface area contributed by atoms with Gasteiger partial charge in [-0.25, -0.2) is 9.97 Å². The van der Waals surface area contributed by atoms with Crippen molar-refractivity contribution in [1.29, 1.82) is 0 Å². The fraction of sp³-hybridized carbons (Fsp3) is 0.250. The molecule has 268 valence electrons. The molecule has 0 radical (unpaired) electrons. The van der Waals surface area contributed by atoms with Crippen LogP contribution in [0.15, 0.2) is 140 Å². The van der Waals surface area contributed by atoms with E-state index in [1.54, 1.807) is 0 Å². The molecule has 5 nitrogen and oxygen atoms in total. The van der Waals surface area contributed by atoms with E-state index in [4.69, 9.17) is 9.97 Å². The molecular formula is C48H51N5. The largest absolute Gasteiger partial charge is 0.310 e. The van der Waals surface area contributed by atoms with E-state index in [0.29, 0.717) is 23.7 Å². The number of imidazole rings is 2. The van der Waals surface area contributed by atoms with Crippen LogP contribution in [-0.4, -0.2) is 19.1 Å². The standard InChI is InChI=1S/C48H51N5/c1-32(2)41-22-14-23-42(33(3)4)45(41)51-28-26-49-47(51)36-16-12-20-39(30-36)53(38-18-10-9-11-19-38)40-21-13-17-37(31-40)48-50-27-29-52(48)46-43(34(5)6)24-15-25-44(46)35(7)8/h9-35H,1-8H3. The van der Waals surface area contributed by atoms with Crippen molar-refractivity contribution in [3.05, 3.63) is 162 Å². The van der Waals surface area contributed by atoms with Crippen LogP contribution in [0.4, 0.5) is 17.1 Å². The molecule has 7 aromatic rings. The van der Waals surface area contributed by atoms with Crippen molar-refractivity contribution in [3.8, 4) is 34.2 Å². The van der Waals surface area contributed by atoms with E-state index in [1.165, 1.54) is 33.6 Å². The van der Waals surface area contributed by atoms with Crippen molar-refractivity contribution < 1.29 is 0 Å². The van der Waals surface area contributed by atoms with Crippen LogP contribution in [0.1, 0.15) is 101 Å². The third kappa shape index (κ3) is 6.96. The molecule has 0 atom stereocenters. The normalized spacial score (nSPS) is 11.7. The minimum atomic E-state index is 0.373. The molecule has 0 N–H and O–H groups in total. The third-order valence-corrected chi connectivity index (χ3v) is 10.2. The van der Waals surface area contributed by atoms with E-state index in [1.807, 2.05) is 12.4 Å². The lowest BCUT2D eigenvalue weighted by molar-refractivity contribution is 0.806. The molecule has 0 unspecified atom stereocenters. The minimum absolute atomic E-state index is 0.373. The van der Waals surface area contributed by atoms with Gasteiger partial charge in [0.2, 0.25) is 0 Å². The van der Waals surface area contributed by atoms with E-state index in [-0.39, 0.29) is 0 Å². The van der Waals surface area contributed by atoms with E-state index < -0.39 is 0 Å². The van der Waals surface area contributed by atoms with Gasteiger partial charge in [-0.3, -0.25) is 9.13 Å². The van der Waals surface area contributed by atoms with Crippen LogP contribution in [0.25, 0.3) is 34.2 Å². The summed E-state index contributed by atoms with van der Waals surface area (Å²) in [6.07, 6.45) is 8.06.